The van der Waals surface area contributed by atoms with Gasteiger partial charge in [0, 0.05) is 24.9 Å². The van der Waals surface area contributed by atoms with Gasteiger partial charge in [0.1, 0.15) is 5.82 Å². The second kappa shape index (κ2) is 7.76. The molecular formula is C18H24FN3O3. The first kappa shape index (κ1) is 19.1. The lowest BCUT2D eigenvalue weighted by molar-refractivity contribution is -0.139. The molecule has 0 fully saturated rings. The molecule has 0 bridgehead atoms. The minimum atomic E-state index is -1.82. The number of nitrogens with one attached hydrogen (secondary N) is 1. The van der Waals surface area contributed by atoms with Gasteiger partial charge in [-0.15, -0.1) is 0 Å². The van der Waals surface area contributed by atoms with Gasteiger partial charge in [0.05, 0.1) is 18.8 Å². The zero-order chi connectivity index (χ0) is 18.6. The summed E-state index contributed by atoms with van der Waals surface area (Å²) < 4.78 is 20.2. The van der Waals surface area contributed by atoms with Crippen LogP contribution in [0.25, 0.3) is 0 Å². The Kier molecular flexibility index (Phi) is 5.92. The van der Waals surface area contributed by atoms with Crippen LogP contribution >= 0.6 is 0 Å². The molecule has 2 N–H and O–H groups in total. The lowest BCUT2D eigenvalue weighted by Gasteiger charge is -2.23. The molecular weight excluding hydrogens is 325 g/mol. The van der Waals surface area contributed by atoms with E-state index in [2.05, 4.69) is 10.4 Å². The van der Waals surface area contributed by atoms with Gasteiger partial charge in [-0.3, -0.25) is 9.48 Å². The maximum Gasteiger partial charge on any atom is 0.256 e. The first-order valence-corrected chi connectivity index (χ1v) is 8.06. The topological polar surface area (TPSA) is 76.4 Å². The monoisotopic (exact) mass is 349 g/mol. The van der Waals surface area contributed by atoms with E-state index in [1.807, 2.05) is 18.5 Å². The zero-order valence-electron chi connectivity index (χ0n) is 15.0. The van der Waals surface area contributed by atoms with E-state index in [1.54, 1.807) is 7.11 Å². The Bertz CT molecular complexity index is 756. The van der Waals surface area contributed by atoms with Crippen LogP contribution in [0.1, 0.15) is 29.4 Å². The fourth-order valence-electron chi connectivity index (χ4n) is 2.65. The third-order valence-corrected chi connectivity index (χ3v) is 4.29. The number of hydrogen-bond donors (Lipinski definition) is 2. The van der Waals surface area contributed by atoms with Gasteiger partial charge in [-0.1, -0.05) is 12.1 Å². The van der Waals surface area contributed by atoms with Crippen molar-refractivity contribution in [2.45, 2.75) is 39.5 Å². The van der Waals surface area contributed by atoms with Crippen molar-refractivity contribution in [3.05, 3.63) is 52.6 Å². The van der Waals surface area contributed by atoms with Crippen LogP contribution in [-0.4, -0.2) is 34.5 Å². The molecule has 2 aromatic rings. The predicted molar refractivity (Wildman–Crippen MR) is 91.4 cm³/mol. The largest absolute Gasteiger partial charge is 0.383 e. The average molecular weight is 349 g/mol. The summed E-state index contributed by atoms with van der Waals surface area (Å²) in [7, 11) is 1.63. The molecule has 0 saturated carbocycles. The smallest absolute Gasteiger partial charge is 0.256 e. The van der Waals surface area contributed by atoms with Crippen molar-refractivity contribution in [2.24, 2.45) is 0 Å². The highest BCUT2D eigenvalue weighted by Crippen LogP contribution is 2.22. The van der Waals surface area contributed by atoms with Crippen LogP contribution in [0.4, 0.5) is 4.39 Å². The number of aryl methyl sites for hydroxylation is 1. The number of aliphatic hydroxyl groups is 1. The number of aromatic nitrogens is 2. The molecule has 0 aliphatic rings. The minimum absolute atomic E-state index is 0.203. The summed E-state index contributed by atoms with van der Waals surface area (Å²) in [5.74, 6) is -1.10. The molecule has 1 atom stereocenters. The van der Waals surface area contributed by atoms with Crippen LogP contribution in [0, 0.1) is 19.7 Å². The van der Waals surface area contributed by atoms with Crippen LogP contribution in [0.15, 0.2) is 24.3 Å². The number of amides is 1. The number of methoxy groups -OCH3 is 1. The Balaban J connectivity index is 2.10. The molecule has 0 saturated heterocycles. The predicted octanol–water partition coefficient (Wildman–Crippen LogP) is 1.81. The van der Waals surface area contributed by atoms with Gasteiger partial charge >= 0.3 is 0 Å². The summed E-state index contributed by atoms with van der Waals surface area (Å²) in [5.41, 5.74) is 1.00. The number of nitrogens with zero attached hydrogens (tertiary/aromatic N) is 2. The molecule has 6 nitrogen and oxygen atoms in total. The van der Waals surface area contributed by atoms with Crippen molar-refractivity contribution in [3.8, 4) is 0 Å². The van der Waals surface area contributed by atoms with Crippen LogP contribution in [0.2, 0.25) is 0 Å². The van der Waals surface area contributed by atoms with Crippen LogP contribution < -0.4 is 5.32 Å². The van der Waals surface area contributed by atoms with E-state index in [0.717, 1.165) is 23.0 Å². The van der Waals surface area contributed by atoms with E-state index in [9.17, 15) is 14.3 Å². The Morgan fingerprint density at radius 3 is 2.80 bits per heavy atom. The normalized spacial score (nSPS) is 13.5. The third-order valence-electron chi connectivity index (χ3n) is 4.29. The van der Waals surface area contributed by atoms with Crippen LogP contribution in [0.5, 0.6) is 0 Å². The minimum Gasteiger partial charge on any atom is -0.383 e. The number of hydrogen-bond acceptors (Lipinski definition) is 4. The van der Waals surface area contributed by atoms with Crippen molar-refractivity contribution in [1.82, 2.24) is 15.1 Å². The number of halogens is 1. The highest BCUT2D eigenvalue weighted by molar-refractivity contribution is 5.85. The van der Waals surface area contributed by atoms with Gasteiger partial charge in [-0.05, 0) is 38.5 Å². The van der Waals surface area contributed by atoms with E-state index in [1.165, 1.54) is 25.1 Å². The van der Waals surface area contributed by atoms with E-state index in [-0.39, 0.29) is 12.1 Å². The molecule has 1 unspecified atom stereocenters. The highest BCUT2D eigenvalue weighted by atomic mass is 19.1. The van der Waals surface area contributed by atoms with Crippen molar-refractivity contribution in [1.29, 1.82) is 0 Å². The van der Waals surface area contributed by atoms with E-state index < -0.39 is 17.3 Å². The lowest BCUT2D eigenvalue weighted by Crippen LogP contribution is -2.42. The molecule has 0 spiro atoms. The summed E-state index contributed by atoms with van der Waals surface area (Å²) in [6, 6.07) is 5.39. The number of carbonyl (C=O) groups excluding carboxylic acids is 1. The second-order valence-electron chi connectivity index (χ2n) is 6.13. The maximum absolute atomic E-state index is 13.4. The van der Waals surface area contributed by atoms with Crippen molar-refractivity contribution in [2.75, 3.05) is 13.7 Å². The molecule has 0 aliphatic carbocycles. The van der Waals surface area contributed by atoms with Gasteiger partial charge < -0.3 is 15.2 Å². The SMILES string of the molecule is COCCn1nc(C)c(CNC(=O)C(C)(O)c2cccc(F)c2)c1C. The number of carbonyl (C=O) groups is 1. The summed E-state index contributed by atoms with van der Waals surface area (Å²) in [6.07, 6.45) is 0. The fourth-order valence-corrected chi connectivity index (χ4v) is 2.65. The van der Waals surface area contributed by atoms with E-state index >= 15 is 0 Å². The van der Waals surface area contributed by atoms with Gasteiger partial charge in [-0.25, -0.2) is 4.39 Å². The Morgan fingerprint density at radius 2 is 2.16 bits per heavy atom. The quantitative estimate of drug-likeness (QED) is 0.799. The molecule has 0 aliphatic heterocycles. The number of benzene rings is 1. The average Bonchev–Trinajstić information content (AvgIpc) is 2.84. The van der Waals surface area contributed by atoms with Gasteiger partial charge in [-0.2, -0.15) is 5.10 Å². The molecule has 25 heavy (non-hydrogen) atoms. The maximum atomic E-state index is 13.4. The lowest BCUT2D eigenvalue weighted by atomic mass is 9.95. The second-order valence-corrected chi connectivity index (χ2v) is 6.13. The van der Waals surface area contributed by atoms with Crippen molar-refractivity contribution >= 4 is 5.91 Å². The van der Waals surface area contributed by atoms with Crippen LogP contribution in [-0.2, 0) is 28.2 Å². The summed E-state index contributed by atoms with van der Waals surface area (Å²) >= 11 is 0. The molecule has 0 radical (unpaired) electrons. The highest BCUT2D eigenvalue weighted by Gasteiger charge is 2.32. The Labute approximate surface area is 146 Å². The molecule has 2 rings (SSSR count). The summed E-state index contributed by atoms with van der Waals surface area (Å²) in [4.78, 5) is 12.4. The van der Waals surface area contributed by atoms with Crippen LogP contribution in [0.3, 0.4) is 0 Å². The first-order valence-electron chi connectivity index (χ1n) is 8.06. The van der Waals surface area contributed by atoms with Crippen molar-refractivity contribution in [3.63, 3.8) is 0 Å². The summed E-state index contributed by atoms with van der Waals surface area (Å²) in [5, 5.41) is 17.6. The third kappa shape index (κ3) is 4.24. The standard InChI is InChI=1S/C18H24FN3O3/c1-12-16(13(2)22(21-12)8-9-25-4)11-20-17(23)18(3,24)14-6-5-7-15(19)10-14/h5-7,10,24H,8-9,11H2,1-4H3,(H,20,23). The Hall–Kier alpha value is -2.25. The first-order chi connectivity index (χ1) is 11.8. The van der Waals surface area contributed by atoms with E-state index in [4.69, 9.17) is 4.74 Å². The molecule has 1 aromatic carbocycles. The van der Waals surface area contributed by atoms with Gasteiger partial charge in [0.25, 0.3) is 5.91 Å². The number of rotatable bonds is 7. The van der Waals surface area contributed by atoms with E-state index in [0.29, 0.717) is 13.2 Å². The van der Waals surface area contributed by atoms with Gasteiger partial charge in [0.15, 0.2) is 5.60 Å². The van der Waals surface area contributed by atoms with Gasteiger partial charge in [0.2, 0.25) is 0 Å². The van der Waals surface area contributed by atoms with Crippen molar-refractivity contribution < 1.29 is 19.0 Å². The number of ether oxygens (including phenoxy) is 1. The molecule has 1 aromatic heterocycles. The molecule has 136 valence electrons. The molecule has 1 amide bonds. The summed E-state index contributed by atoms with van der Waals surface area (Å²) in [6.45, 7) is 6.53. The molecule has 1 heterocycles. The molecule has 7 heteroatoms. The fraction of sp³-hybridized carbons (Fsp3) is 0.444. The zero-order valence-corrected chi connectivity index (χ0v) is 15.0. The Morgan fingerprint density at radius 1 is 1.44 bits per heavy atom.